The van der Waals surface area contributed by atoms with Gasteiger partial charge >= 0.3 is 5.97 Å². The molecule has 1 aliphatic rings. The van der Waals surface area contributed by atoms with E-state index in [2.05, 4.69) is 6.92 Å². The molecule has 4 heteroatoms. The highest BCUT2D eigenvalue weighted by atomic mass is 16.4. The summed E-state index contributed by atoms with van der Waals surface area (Å²) in [6.07, 6.45) is 17.6. The van der Waals surface area contributed by atoms with E-state index in [0.29, 0.717) is 31.5 Å². The van der Waals surface area contributed by atoms with Crippen LogP contribution in [-0.4, -0.2) is 22.6 Å². The average Bonchev–Trinajstić information content (AvgIpc) is 2.95. The second-order valence-electron chi connectivity index (χ2n) is 7.27. The Morgan fingerprint density at radius 1 is 1.04 bits per heavy atom. The van der Waals surface area contributed by atoms with Crippen LogP contribution in [0.2, 0.25) is 0 Å². The van der Waals surface area contributed by atoms with Gasteiger partial charge in [0.1, 0.15) is 5.78 Å². The summed E-state index contributed by atoms with van der Waals surface area (Å²) in [5, 5.41) is 8.60. The summed E-state index contributed by atoms with van der Waals surface area (Å²) >= 11 is 0. The highest BCUT2D eigenvalue weighted by Gasteiger charge is 2.28. The van der Waals surface area contributed by atoms with Crippen LogP contribution in [0.4, 0.5) is 0 Å². The molecule has 0 fully saturated rings. The SMILES string of the molecule is CCCCCCCC(=O)CC[C@H]1C=CC(=O)[C@@H]1C/C=C\CCCC(=O)O. The van der Waals surface area contributed by atoms with Crippen molar-refractivity contribution >= 4 is 17.5 Å². The van der Waals surface area contributed by atoms with Gasteiger partial charge in [0.15, 0.2) is 5.78 Å². The lowest BCUT2D eigenvalue weighted by Gasteiger charge is -2.16. The van der Waals surface area contributed by atoms with Gasteiger partial charge in [-0.25, -0.2) is 0 Å². The second kappa shape index (κ2) is 13.5. The van der Waals surface area contributed by atoms with E-state index in [1.165, 1.54) is 19.3 Å². The van der Waals surface area contributed by atoms with E-state index >= 15 is 0 Å². The number of rotatable bonds is 15. The lowest BCUT2D eigenvalue weighted by Crippen LogP contribution is -2.16. The molecule has 4 nitrogen and oxygen atoms in total. The Bertz CT molecular complexity index is 504. The van der Waals surface area contributed by atoms with Gasteiger partial charge in [-0.2, -0.15) is 0 Å². The van der Waals surface area contributed by atoms with Crippen molar-refractivity contribution in [1.82, 2.24) is 0 Å². The van der Waals surface area contributed by atoms with Gasteiger partial charge in [0.2, 0.25) is 0 Å². The zero-order chi connectivity index (χ0) is 19.2. The van der Waals surface area contributed by atoms with Crippen molar-refractivity contribution < 1.29 is 19.5 Å². The molecule has 0 amide bonds. The minimum atomic E-state index is -0.774. The number of aliphatic carboxylic acids is 1. The highest BCUT2D eigenvalue weighted by molar-refractivity contribution is 5.94. The second-order valence-corrected chi connectivity index (χ2v) is 7.27. The van der Waals surface area contributed by atoms with Gasteiger partial charge in [0, 0.05) is 25.2 Å². The average molecular weight is 363 g/mol. The van der Waals surface area contributed by atoms with Crippen molar-refractivity contribution in [2.24, 2.45) is 11.8 Å². The summed E-state index contributed by atoms with van der Waals surface area (Å²) in [4.78, 5) is 34.5. The van der Waals surface area contributed by atoms with Crippen LogP contribution in [0.5, 0.6) is 0 Å². The molecule has 0 aliphatic heterocycles. The number of hydrogen-bond donors (Lipinski definition) is 1. The molecule has 0 aromatic rings. The molecule has 0 aromatic carbocycles. The maximum atomic E-state index is 12.0. The number of ketones is 2. The maximum Gasteiger partial charge on any atom is 0.303 e. The molecule has 2 atom stereocenters. The molecule has 1 N–H and O–H groups in total. The van der Waals surface area contributed by atoms with Crippen LogP contribution in [0, 0.1) is 11.8 Å². The molecule has 0 radical (unpaired) electrons. The number of carboxylic acids is 1. The zero-order valence-corrected chi connectivity index (χ0v) is 16.1. The van der Waals surface area contributed by atoms with Crippen molar-refractivity contribution in [3.63, 3.8) is 0 Å². The lowest BCUT2D eigenvalue weighted by molar-refractivity contribution is -0.137. The number of hydrogen-bond acceptors (Lipinski definition) is 3. The molecule has 1 rings (SSSR count). The topological polar surface area (TPSA) is 71.4 Å². The Morgan fingerprint density at radius 2 is 1.81 bits per heavy atom. The van der Waals surface area contributed by atoms with E-state index < -0.39 is 5.97 Å². The molecular weight excluding hydrogens is 328 g/mol. The van der Waals surface area contributed by atoms with Gasteiger partial charge in [-0.05, 0) is 44.1 Å². The summed E-state index contributed by atoms with van der Waals surface area (Å²) in [6.45, 7) is 2.18. The van der Waals surface area contributed by atoms with Crippen LogP contribution in [-0.2, 0) is 14.4 Å². The first kappa shape index (κ1) is 22.3. The van der Waals surface area contributed by atoms with Crippen molar-refractivity contribution in [2.75, 3.05) is 0 Å². The van der Waals surface area contributed by atoms with Crippen molar-refractivity contribution in [2.45, 2.75) is 84.0 Å². The first-order chi connectivity index (χ1) is 12.5. The first-order valence-corrected chi connectivity index (χ1v) is 10.1. The van der Waals surface area contributed by atoms with Crippen molar-refractivity contribution in [3.05, 3.63) is 24.3 Å². The van der Waals surface area contributed by atoms with Gasteiger partial charge in [-0.1, -0.05) is 50.8 Å². The van der Waals surface area contributed by atoms with E-state index in [-0.39, 0.29) is 24.0 Å². The Hall–Kier alpha value is -1.71. The predicted molar refractivity (Wildman–Crippen MR) is 104 cm³/mol. The van der Waals surface area contributed by atoms with Crippen LogP contribution < -0.4 is 0 Å². The normalized spacial score (nSPS) is 19.5. The quantitative estimate of drug-likeness (QED) is 0.318. The van der Waals surface area contributed by atoms with Gasteiger partial charge in [-0.15, -0.1) is 0 Å². The van der Waals surface area contributed by atoms with Gasteiger partial charge < -0.3 is 5.11 Å². The summed E-state index contributed by atoms with van der Waals surface area (Å²) in [5.41, 5.74) is 0. The fourth-order valence-corrected chi connectivity index (χ4v) is 3.39. The number of Topliss-reactive ketones (excluding diaryl/α,β-unsaturated/α-hetero) is 1. The Morgan fingerprint density at radius 3 is 2.54 bits per heavy atom. The van der Waals surface area contributed by atoms with Crippen LogP contribution in [0.25, 0.3) is 0 Å². The summed E-state index contributed by atoms with van der Waals surface area (Å²) in [5.74, 6) is -0.198. The minimum absolute atomic E-state index is 0.0527. The largest absolute Gasteiger partial charge is 0.481 e. The third-order valence-electron chi connectivity index (χ3n) is 5.02. The molecule has 0 unspecified atom stereocenters. The number of carbonyl (C=O) groups is 3. The molecule has 0 spiro atoms. The molecule has 0 saturated heterocycles. The van der Waals surface area contributed by atoms with Crippen LogP contribution in [0.1, 0.15) is 84.0 Å². The van der Waals surface area contributed by atoms with Crippen LogP contribution in [0.3, 0.4) is 0 Å². The Kier molecular flexibility index (Phi) is 11.6. The standard InChI is InChI=1S/C22H34O4/c1-2-3-4-5-8-11-19(23)16-14-18-15-17-21(24)20(18)12-9-6-7-10-13-22(25)26/h6,9,15,17-18,20H,2-5,7-8,10-14,16H2,1H3,(H,25,26)/b9-6-/t18-,20+/m0/s1. The molecule has 0 bridgehead atoms. The van der Waals surface area contributed by atoms with E-state index in [1.54, 1.807) is 6.08 Å². The van der Waals surface area contributed by atoms with Crippen molar-refractivity contribution in [3.8, 4) is 0 Å². The van der Waals surface area contributed by atoms with E-state index in [0.717, 1.165) is 25.7 Å². The molecular formula is C22H34O4. The first-order valence-electron chi connectivity index (χ1n) is 10.1. The third kappa shape index (κ3) is 9.69. The number of allylic oxidation sites excluding steroid dienone is 4. The van der Waals surface area contributed by atoms with Gasteiger partial charge in [0.25, 0.3) is 0 Å². The summed E-state index contributed by atoms with van der Waals surface area (Å²) in [7, 11) is 0. The monoisotopic (exact) mass is 362 g/mol. The molecule has 26 heavy (non-hydrogen) atoms. The van der Waals surface area contributed by atoms with Crippen LogP contribution >= 0.6 is 0 Å². The maximum absolute atomic E-state index is 12.0. The Balaban J connectivity index is 2.24. The van der Waals surface area contributed by atoms with E-state index in [4.69, 9.17) is 5.11 Å². The number of carbonyl (C=O) groups excluding carboxylic acids is 2. The fourth-order valence-electron chi connectivity index (χ4n) is 3.39. The number of unbranched alkanes of at least 4 members (excludes halogenated alkanes) is 5. The molecule has 146 valence electrons. The van der Waals surface area contributed by atoms with E-state index in [9.17, 15) is 14.4 Å². The lowest BCUT2D eigenvalue weighted by atomic mass is 9.87. The smallest absolute Gasteiger partial charge is 0.303 e. The highest BCUT2D eigenvalue weighted by Crippen LogP contribution is 2.30. The molecule has 0 aromatic heterocycles. The van der Waals surface area contributed by atoms with Crippen molar-refractivity contribution in [1.29, 1.82) is 0 Å². The predicted octanol–water partition coefficient (Wildman–Crippen LogP) is 5.27. The zero-order valence-electron chi connectivity index (χ0n) is 16.1. The number of carboxylic acid groups (broad SMARTS) is 1. The fraction of sp³-hybridized carbons (Fsp3) is 0.682. The summed E-state index contributed by atoms with van der Waals surface area (Å²) < 4.78 is 0. The Labute approximate surface area is 157 Å². The molecule has 1 aliphatic carbocycles. The minimum Gasteiger partial charge on any atom is -0.481 e. The third-order valence-corrected chi connectivity index (χ3v) is 5.02. The van der Waals surface area contributed by atoms with Gasteiger partial charge in [-0.3, -0.25) is 14.4 Å². The van der Waals surface area contributed by atoms with Crippen LogP contribution in [0.15, 0.2) is 24.3 Å². The summed E-state index contributed by atoms with van der Waals surface area (Å²) in [6, 6.07) is 0. The van der Waals surface area contributed by atoms with E-state index in [1.807, 2.05) is 18.2 Å². The van der Waals surface area contributed by atoms with Gasteiger partial charge in [0.05, 0.1) is 0 Å². The molecule has 0 saturated carbocycles. The molecule has 0 heterocycles.